The van der Waals surface area contributed by atoms with Crippen molar-refractivity contribution in [2.24, 2.45) is 0 Å². The fourth-order valence-corrected chi connectivity index (χ4v) is 3.77. The average Bonchev–Trinajstić information content (AvgIpc) is 2.94. The third kappa shape index (κ3) is 4.48. The number of carbonyl (C=O) groups excluding carboxylic acids is 1. The minimum atomic E-state index is -0.148. The molecule has 0 aliphatic carbocycles. The molecule has 0 spiro atoms. The van der Waals surface area contributed by atoms with Gasteiger partial charge in [-0.05, 0) is 36.6 Å². The molecule has 2 aromatic carbocycles. The van der Waals surface area contributed by atoms with Gasteiger partial charge in [0.25, 0.3) is 0 Å². The molecule has 27 heavy (non-hydrogen) atoms. The van der Waals surface area contributed by atoms with Gasteiger partial charge in [0.05, 0.1) is 25.9 Å². The van der Waals surface area contributed by atoms with Gasteiger partial charge in [-0.15, -0.1) is 0 Å². The predicted octanol–water partition coefficient (Wildman–Crippen LogP) is 5.51. The van der Waals surface area contributed by atoms with E-state index >= 15 is 0 Å². The second kappa shape index (κ2) is 9.00. The molecule has 6 heteroatoms. The number of hydrogen-bond acceptors (Lipinski definition) is 3. The Labute approximate surface area is 165 Å². The van der Waals surface area contributed by atoms with Crippen LogP contribution in [0.4, 0.5) is 10.5 Å². The van der Waals surface area contributed by atoms with E-state index in [0.717, 1.165) is 31.2 Å². The van der Waals surface area contributed by atoms with Gasteiger partial charge in [-0.3, -0.25) is 0 Å². The van der Waals surface area contributed by atoms with E-state index in [2.05, 4.69) is 5.32 Å². The molecule has 1 heterocycles. The topological polar surface area (TPSA) is 50.8 Å². The van der Waals surface area contributed by atoms with Crippen LogP contribution in [0.15, 0.2) is 42.5 Å². The van der Waals surface area contributed by atoms with Gasteiger partial charge in [0.2, 0.25) is 0 Å². The van der Waals surface area contributed by atoms with Crippen LogP contribution in [0, 0.1) is 0 Å². The predicted molar refractivity (Wildman–Crippen MR) is 108 cm³/mol. The first kappa shape index (κ1) is 19.4. The molecule has 0 bridgehead atoms. The van der Waals surface area contributed by atoms with Crippen LogP contribution < -0.4 is 14.8 Å². The number of rotatable bonds is 4. The molecule has 0 saturated carbocycles. The zero-order valence-corrected chi connectivity index (χ0v) is 16.5. The number of carbonyl (C=O) groups is 1. The highest BCUT2D eigenvalue weighted by Gasteiger charge is 2.28. The molecule has 2 aromatic rings. The highest BCUT2D eigenvalue weighted by Crippen LogP contribution is 2.35. The summed E-state index contributed by atoms with van der Waals surface area (Å²) in [7, 11) is 3.17. The molecule has 0 radical (unpaired) electrons. The number of nitrogens with zero attached hydrogens (tertiary/aromatic N) is 1. The summed E-state index contributed by atoms with van der Waals surface area (Å²) in [5, 5.41) is 3.69. The van der Waals surface area contributed by atoms with Crippen molar-refractivity contribution in [2.75, 3.05) is 26.1 Å². The molecular weight excluding hydrogens is 364 g/mol. The molecule has 1 aliphatic heterocycles. The first-order valence-electron chi connectivity index (χ1n) is 9.18. The Morgan fingerprint density at radius 1 is 1.11 bits per heavy atom. The summed E-state index contributed by atoms with van der Waals surface area (Å²) in [4.78, 5) is 15.0. The SMILES string of the molecule is COc1ccc(NC(=O)N2CCCCCC2c2ccccc2Cl)c(OC)c1. The number of nitrogens with one attached hydrogen (secondary N) is 1. The van der Waals surface area contributed by atoms with Crippen molar-refractivity contribution < 1.29 is 14.3 Å². The van der Waals surface area contributed by atoms with Crippen LogP contribution in [0.5, 0.6) is 11.5 Å². The number of urea groups is 1. The highest BCUT2D eigenvalue weighted by atomic mass is 35.5. The summed E-state index contributed by atoms with van der Waals surface area (Å²) >= 11 is 6.43. The van der Waals surface area contributed by atoms with Crippen LogP contribution in [-0.4, -0.2) is 31.7 Å². The van der Waals surface area contributed by atoms with Crippen LogP contribution in [-0.2, 0) is 0 Å². The van der Waals surface area contributed by atoms with E-state index in [0.29, 0.717) is 28.8 Å². The Bertz CT molecular complexity index is 797. The lowest BCUT2D eigenvalue weighted by Crippen LogP contribution is -2.38. The summed E-state index contributed by atoms with van der Waals surface area (Å²) in [6.45, 7) is 0.695. The molecule has 1 saturated heterocycles. The van der Waals surface area contributed by atoms with Crippen molar-refractivity contribution in [1.29, 1.82) is 0 Å². The smallest absolute Gasteiger partial charge is 0.322 e. The molecule has 1 aliphatic rings. The Balaban J connectivity index is 1.86. The molecule has 1 fully saturated rings. The summed E-state index contributed by atoms with van der Waals surface area (Å²) in [6, 6.07) is 12.9. The van der Waals surface area contributed by atoms with Gasteiger partial charge >= 0.3 is 6.03 Å². The summed E-state index contributed by atoms with van der Waals surface area (Å²) in [5.74, 6) is 1.24. The minimum absolute atomic E-state index is 0.0366. The number of hydrogen-bond donors (Lipinski definition) is 1. The molecular formula is C21H25ClN2O3. The van der Waals surface area contributed by atoms with E-state index < -0.39 is 0 Å². The second-order valence-electron chi connectivity index (χ2n) is 6.58. The number of ether oxygens (including phenoxy) is 2. The Kier molecular flexibility index (Phi) is 6.45. The van der Waals surface area contributed by atoms with Crippen LogP contribution in [0.2, 0.25) is 5.02 Å². The third-order valence-corrected chi connectivity index (χ3v) is 5.27. The molecule has 1 atom stereocenters. The molecule has 1 N–H and O–H groups in total. The van der Waals surface area contributed by atoms with Crippen LogP contribution in [0.25, 0.3) is 0 Å². The van der Waals surface area contributed by atoms with E-state index in [1.807, 2.05) is 29.2 Å². The van der Waals surface area contributed by atoms with Gasteiger partial charge in [0.1, 0.15) is 11.5 Å². The van der Waals surface area contributed by atoms with Gasteiger partial charge < -0.3 is 19.7 Å². The molecule has 0 aromatic heterocycles. The summed E-state index contributed by atoms with van der Waals surface area (Å²) in [6.07, 6.45) is 4.06. The summed E-state index contributed by atoms with van der Waals surface area (Å²) < 4.78 is 10.6. The zero-order chi connectivity index (χ0) is 19.2. The average molecular weight is 389 g/mol. The van der Waals surface area contributed by atoms with E-state index in [1.165, 1.54) is 0 Å². The van der Waals surface area contributed by atoms with Crippen molar-refractivity contribution in [1.82, 2.24) is 4.90 Å². The molecule has 2 amide bonds. The van der Waals surface area contributed by atoms with Crippen molar-refractivity contribution in [2.45, 2.75) is 31.7 Å². The van der Waals surface area contributed by atoms with Crippen molar-refractivity contribution >= 4 is 23.3 Å². The van der Waals surface area contributed by atoms with Crippen molar-refractivity contribution in [3.05, 3.63) is 53.1 Å². The lowest BCUT2D eigenvalue weighted by Gasteiger charge is -2.31. The largest absolute Gasteiger partial charge is 0.497 e. The van der Waals surface area contributed by atoms with Gasteiger partial charge in [-0.25, -0.2) is 4.79 Å². The number of halogens is 1. The van der Waals surface area contributed by atoms with Gasteiger partial charge in [0.15, 0.2) is 0 Å². The second-order valence-corrected chi connectivity index (χ2v) is 6.98. The molecule has 3 rings (SSSR count). The van der Waals surface area contributed by atoms with Crippen molar-refractivity contribution in [3.8, 4) is 11.5 Å². The molecule has 144 valence electrons. The fraction of sp³-hybridized carbons (Fsp3) is 0.381. The maximum atomic E-state index is 13.1. The van der Waals surface area contributed by atoms with Gasteiger partial charge in [0, 0.05) is 17.6 Å². The van der Waals surface area contributed by atoms with E-state index in [1.54, 1.807) is 32.4 Å². The van der Waals surface area contributed by atoms with Crippen molar-refractivity contribution in [3.63, 3.8) is 0 Å². The molecule has 1 unspecified atom stereocenters. The Hall–Kier alpha value is -2.40. The van der Waals surface area contributed by atoms with E-state index in [9.17, 15) is 4.79 Å². The Morgan fingerprint density at radius 3 is 2.67 bits per heavy atom. The Morgan fingerprint density at radius 2 is 1.93 bits per heavy atom. The van der Waals surface area contributed by atoms with E-state index in [-0.39, 0.29) is 12.1 Å². The number of amides is 2. The van der Waals surface area contributed by atoms with Gasteiger partial charge in [-0.1, -0.05) is 42.6 Å². The first-order valence-corrected chi connectivity index (χ1v) is 9.56. The monoisotopic (exact) mass is 388 g/mol. The quantitative estimate of drug-likeness (QED) is 0.751. The highest BCUT2D eigenvalue weighted by molar-refractivity contribution is 6.31. The number of methoxy groups -OCH3 is 2. The van der Waals surface area contributed by atoms with Crippen LogP contribution >= 0.6 is 11.6 Å². The number of anilines is 1. The summed E-state index contributed by atoms with van der Waals surface area (Å²) in [5.41, 5.74) is 1.61. The number of likely N-dealkylation sites (tertiary alicyclic amines) is 1. The fourth-order valence-electron chi connectivity index (χ4n) is 3.51. The van der Waals surface area contributed by atoms with E-state index in [4.69, 9.17) is 21.1 Å². The maximum Gasteiger partial charge on any atom is 0.322 e. The van der Waals surface area contributed by atoms with Crippen LogP contribution in [0.3, 0.4) is 0 Å². The van der Waals surface area contributed by atoms with Gasteiger partial charge in [-0.2, -0.15) is 0 Å². The first-order chi connectivity index (χ1) is 13.1. The lowest BCUT2D eigenvalue weighted by molar-refractivity contribution is 0.189. The normalized spacial score (nSPS) is 17.1. The minimum Gasteiger partial charge on any atom is -0.497 e. The molecule has 5 nitrogen and oxygen atoms in total. The third-order valence-electron chi connectivity index (χ3n) is 4.93. The zero-order valence-electron chi connectivity index (χ0n) is 15.7. The maximum absolute atomic E-state index is 13.1. The lowest BCUT2D eigenvalue weighted by atomic mass is 10.0. The standard InChI is InChI=1S/C21H25ClN2O3/c1-26-15-11-12-18(20(14-15)27-2)23-21(25)24-13-7-3-4-10-19(24)16-8-5-6-9-17(16)22/h5-6,8-9,11-12,14,19H,3-4,7,10,13H2,1-2H3,(H,23,25). The van der Waals surface area contributed by atoms with Crippen LogP contribution in [0.1, 0.15) is 37.3 Å². The number of benzene rings is 2.